The largest absolute Gasteiger partial charge is 0.334 e. The SMILES string of the molecule is Cn1cncc1-c1ccc2cnc(CC(=O)CN3CCCCC3)nc2c1. The second-order valence-electron chi connectivity index (χ2n) is 7.00. The zero-order valence-corrected chi connectivity index (χ0v) is 15.1. The number of imidazole rings is 1. The number of aryl methyl sites for hydroxylation is 1. The maximum absolute atomic E-state index is 12.4. The summed E-state index contributed by atoms with van der Waals surface area (Å²) in [4.78, 5) is 27.8. The van der Waals surface area contributed by atoms with Crippen LogP contribution in [0.1, 0.15) is 25.1 Å². The molecule has 2 aromatic heterocycles. The van der Waals surface area contributed by atoms with Gasteiger partial charge in [0.25, 0.3) is 0 Å². The minimum Gasteiger partial charge on any atom is -0.334 e. The second kappa shape index (κ2) is 7.33. The van der Waals surface area contributed by atoms with Crippen LogP contribution in [0.5, 0.6) is 0 Å². The Bertz CT molecular complexity index is 927. The van der Waals surface area contributed by atoms with Gasteiger partial charge < -0.3 is 4.57 Å². The van der Waals surface area contributed by atoms with Gasteiger partial charge in [0.15, 0.2) is 5.78 Å². The quantitative estimate of drug-likeness (QED) is 0.708. The van der Waals surface area contributed by atoms with Crippen molar-refractivity contribution in [2.45, 2.75) is 25.7 Å². The van der Waals surface area contributed by atoms with E-state index in [1.54, 1.807) is 12.5 Å². The maximum atomic E-state index is 12.4. The average Bonchev–Trinajstić information content (AvgIpc) is 3.08. The van der Waals surface area contributed by atoms with E-state index in [2.05, 4.69) is 19.9 Å². The second-order valence-corrected chi connectivity index (χ2v) is 7.00. The number of aromatic nitrogens is 4. The molecular weight excluding hydrogens is 326 g/mol. The zero-order valence-electron chi connectivity index (χ0n) is 15.1. The topological polar surface area (TPSA) is 63.9 Å². The van der Waals surface area contributed by atoms with Crippen molar-refractivity contribution in [2.75, 3.05) is 19.6 Å². The summed E-state index contributed by atoms with van der Waals surface area (Å²) < 4.78 is 1.98. The van der Waals surface area contributed by atoms with Crippen LogP contribution < -0.4 is 0 Å². The Morgan fingerprint density at radius 3 is 2.77 bits per heavy atom. The molecule has 0 unspecified atom stereocenters. The standard InChI is InChI=1S/C20H23N5O/c1-24-14-21-12-19(24)15-5-6-16-11-22-20(23-18(16)9-15)10-17(26)13-25-7-3-2-4-8-25/h5-6,9,11-12,14H,2-4,7-8,10,13H2,1H3. The molecule has 0 aliphatic carbocycles. The number of Topliss-reactive ketones (excluding diaryl/α,β-unsaturated/α-hetero) is 1. The lowest BCUT2D eigenvalue weighted by Crippen LogP contribution is -2.35. The van der Waals surface area contributed by atoms with Gasteiger partial charge in [-0.15, -0.1) is 0 Å². The third-order valence-electron chi connectivity index (χ3n) is 4.95. The van der Waals surface area contributed by atoms with Crippen molar-refractivity contribution < 1.29 is 4.79 Å². The number of ketones is 1. The first-order valence-electron chi connectivity index (χ1n) is 9.15. The monoisotopic (exact) mass is 349 g/mol. The molecule has 0 spiro atoms. The van der Waals surface area contributed by atoms with E-state index in [4.69, 9.17) is 0 Å². The van der Waals surface area contributed by atoms with Crippen molar-refractivity contribution in [1.82, 2.24) is 24.4 Å². The Morgan fingerprint density at radius 1 is 1.15 bits per heavy atom. The lowest BCUT2D eigenvalue weighted by Gasteiger charge is -2.25. The Kier molecular flexibility index (Phi) is 4.75. The smallest absolute Gasteiger partial charge is 0.154 e. The van der Waals surface area contributed by atoms with Gasteiger partial charge in [-0.25, -0.2) is 15.0 Å². The number of likely N-dealkylation sites (tertiary alicyclic amines) is 1. The highest BCUT2D eigenvalue weighted by atomic mass is 16.1. The third-order valence-corrected chi connectivity index (χ3v) is 4.95. The number of hydrogen-bond acceptors (Lipinski definition) is 5. The summed E-state index contributed by atoms with van der Waals surface area (Å²) in [5, 5.41) is 0.975. The van der Waals surface area contributed by atoms with Gasteiger partial charge in [0, 0.05) is 24.2 Å². The molecule has 0 bridgehead atoms. The van der Waals surface area contributed by atoms with E-state index in [0.717, 1.165) is 35.2 Å². The minimum atomic E-state index is 0.189. The van der Waals surface area contributed by atoms with Gasteiger partial charge in [0.1, 0.15) is 5.82 Å². The third kappa shape index (κ3) is 3.65. The van der Waals surface area contributed by atoms with Crippen molar-refractivity contribution in [3.8, 4) is 11.3 Å². The Morgan fingerprint density at radius 2 is 2.00 bits per heavy atom. The van der Waals surface area contributed by atoms with Crippen LogP contribution in [0.15, 0.2) is 36.9 Å². The predicted molar refractivity (Wildman–Crippen MR) is 101 cm³/mol. The molecule has 0 atom stereocenters. The van der Waals surface area contributed by atoms with Gasteiger partial charge >= 0.3 is 0 Å². The van der Waals surface area contributed by atoms with Crippen molar-refractivity contribution in [2.24, 2.45) is 7.05 Å². The van der Waals surface area contributed by atoms with Crippen molar-refractivity contribution in [3.05, 3.63) is 42.7 Å². The number of carbonyl (C=O) groups is 1. The van der Waals surface area contributed by atoms with Gasteiger partial charge in [0.2, 0.25) is 0 Å². The summed E-state index contributed by atoms with van der Waals surface area (Å²) in [6, 6.07) is 6.09. The Labute approximate surface area is 152 Å². The average molecular weight is 349 g/mol. The maximum Gasteiger partial charge on any atom is 0.154 e. The molecule has 1 saturated heterocycles. The normalized spacial score (nSPS) is 15.4. The summed E-state index contributed by atoms with van der Waals surface area (Å²) in [7, 11) is 1.97. The van der Waals surface area contributed by atoms with Gasteiger partial charge in [0.05, 0.1) is 36.7 Å². The van der Waals surface area contributed by atoms with Crippen LogP contribution in [-0.4, -0.2) is 49.8 Å². The fourth-order valence-electron chi connectivity index (χ4n) is 3.54. The molecule has 1 aliphatic rings. The molecule has 0 radical (unpaired) electrons. The van der Waals surface area contributed by atoms with E-state index in [0.29, 0.717) is 18.8 Å². The molecule has 1 fully saturated rings. The van der Waals surface area contributed by atoms with E-state index in [1.165, 1.54) is 19.3 Å². The molecule has 6 heteroatoms. The Balaban J connectivity index is 1.52. The first kappa shape index (κ1) is 16.8. The van der Waals surface area contributed by atoms with E-state index in [-0.39, 0.29) is 5.78 Å². The van der Waals surface area contributed by atoms with Gasteiger partial charge in [-0.2, -0.15) is 0 Å². The van der Waals surface area contributed by atoms with Gasteiger partial charge in [-0.1, -0.05) is 18.6 Å². The molecule has 1 aromatic carbocycles. The summed E-state index contributed by atoms with van der Waals surface area (Å²) in [6.45, 7) is 2.56. The van der Waals surface area contributed by atoms with Crippen LogP contribution in [0.2, 0.25) is 0 Å². The van der Waals surface area contributed by atoms with E-state index < -0.39 is 0 Å². The van der Waals surface area contributed by atoms with E-state index >= 15 is 0 Å². The number of piperidine rings is 1. The lowest BCUT2D eigenvalue weighted by molar-refractivity contribution is -0.119. The molecule has 26 heavy (non-hydrogen) atoms. The number of carbonyl (C=O) groups excluding carboxylic acids is 1. The summed E-state index contributed by atoms with van der Waals surface area (Å²) in [6.07, 6.45) is 9.38. The van der Waals surface area contributed by atoms with Crippen molar-refractivity contribution in [3.63, 3.8) is 0 Å². The van der Waals surface area contributed by atoms with Crippen LogP contribution in [0.3, 0.4) is 0 Å². The molecule has 4 rings (SSSR count). The highest BCUT2D eigenvalue weighted by molar-refractivity contribution is 5.85. The number of hydrogen-bond donors (Lipinski definition) is 0. The number of rotatable bonds is 5. The minimum absolute atomic E-state index is 0.189. The first-order valence-corrected chi connectivity index (χ1v) is 9.15. The summed E-state index contributed by atoms with van der Waals surface area (Å²) in [5.41, 5.74) is 2.95. The number of fused-ring (bicyclic) bond motifs is 1. The fourth-order valence-corrected chi connectivity index (χ4v) is 3.54. The van der Waals surface area contributed by atoms with Crippen LogP contribution in [0.4, 0.5) is 0 Å². The fraction of sp³-hybridized carbons (Fsp3) is 0.400. The van der Waals surface area contributed by atoms with Crippen LogP contribution in [0.25, 0.3) is 22.2 Å². The number of benzene rings is 1. The molecule has 0 N–H and O–H groups in total. The summed E-state index contributed by atoms with van der Waals surface area (Å²) >= 11 is 0. The lowest BCUT2D eigenvalue weighted by atomic mass is 10.1. The molecule has 3 heterocycles. The number of nitrogens with zero attached hydrogens (tertiary/aromatic N) is 5. The molecule has 0 amide bonds. The van der Waals surface area contributed by atoms with Crippen LogP contribution >= 0.6 is 0 Å². The van der Waals surface area contributed by atoms with E-state index in [1.807, 2.05) is 36.0 Å². The molecule has 3 aromatic rings. The molecule has 134 valence electrons. The highest BCUT2D eigenvalue weighted by Crippen LogP contribution is 2.22. The zero-order chi connectivity index (χ0) is 17.9. The van der Waals surface area contributed by atoms with Crippen molar-refractivity contribution >= 4 is 16.7 Å². The molecule has 0 saturated carbocycles. The predicted octanol–water partition coefficient (Wildman–Crippen LogP) is 2.63. The Hall–Kier alpha value is -2.60. The summed E-state index contributed by atoms with van der Waals surface area (Å²) in [5.74, 6) is 0.788. The molecule has 6 nitrogen and oxygen atoms in total. The van der Waals surface area contributed by atoms with Crippen LogP contribution in [-0.2, 0) is 18.3 Å². The molecule has 1 aliphatic heterocycles. The molecular formula is C20H23N5O. The van der Waals surface area contributed by atoms with Gasteiger partial charge in [-0.05, 0) is 32.0 Å². The highest BCUT2D eigenvalue weighted by Gasteiger charge is 2.15. The van der Waals surface area contributed by atoms with Gasteiger partial charge in [-0.3, -0.25) is 9.69 Å². The van der Waals surface area contributed by atoms with Crippen LogP contribution in [0, 0.1) is 0 Å². The first-order chi connectivity index (χ1) is 12.7. The van der Waals surface area contributed by atoms with Crippen molar-refractivity contribution in [1.29, 1.82) is 0 Å². The van der Waals surface area contributed by atoms with E-state index in [9.17, 15) is 4.79 Å².